The lowest BCUT2D eigenvalue weighted by Gasteiger charge is -2.10. The highest BCUT2D eigenvalue weighted by atomic mass is 32.1. The normalized spacial score (nSPS) is 10.8. The molecule has 0 saturated heterocycles. The first-order chi connectivity index (χ1) is 13.7. The smallest absolute Gasteiger partial charge is 0.251 e. The van der Waals surface area contributed by atoms with Crippen molar-refractivity contribution in [2.45, 2.75) is 13.0 Å². The summed E-state index contributed by atoms with van der Waals surface area (Å²) in [6.45, 7) is 0.450. The number of fused-ring (bicyclic) bond motifs is 1. The number of hydrogen-bond acceptors (Lipinski definition) is 4. The van der Waals surface area contributed by atoms with Crippen LogP contribution >= 0.6 is 11.3 Å². The molecule has 0 radical (unpaired) electrons. The number of amides is 1. The maximum absolute atomic E-state index is 12.8. The van der Waals surface area contributed by atoms with Crippen LogP contribution in [0.4, 0.5) is 0 Å². The molecule has 4 aromatic rings. The quantitative estimate of drug-likeness (QED) is 0.515. The number of aromatic nitrogens is 1. The zero-order chi connectivity index (χ0) is 19.3. The molecule has 4 nitrogen and oxygen atoms in total. The average Bonchev–Trinajstić information content (AvgIpc) is 3.15. The summed E-state index contributed by atoms with van der Waals surface area (Å²) >= 11 is 1.67. The van der Waals surface area contributed by atoms with Crippen molar-refractivity contribution in [1.29, 1.82) is 0 Å². The maximum Gasteiger partial charge on any atom is 0.251 e. The van der Waals surface area contributed by atoms with E-state index in [0.29, 0.717) is 18.5 Å². The van der Waals surface area contributed by atoms with E-state index in [9.17, 15) is 4.79 Å². The van der Waals surface area contributed by atoms with Crippen LogP contribution in [0.5, 0.6) is 5.75 Å². The van der Waals surface area contributed by atoms with Crippen molar-refractivity contribution in [3.05, 3.63) is 94.5 Å². The van der Waals surface area contributed by atoms with E-state index in [-0.39, 0.29) is 5.91 Å². The molecule has 5 heteroatoms. The number of hydrogen-bond donors (Lipinski definition) is 1. The molecule has 140 valence electrons. The molecule has 0 fully saturated rings. The first kappa shape index (κ1) is 18.2. The molecule has 0 saturated carbocycles. The summed E-state index contributed by atoms with van der Waals surface area (Å²) in [5.74, 6) is 0.697. The monoisotopic (exact) mass is 388 g/mol. The number of nitrogens with one attached hydrogen (secondary N) is 1. The van der Waals surface area contributed by atoms with Crippen LogP contribution in [-0.2, 0) is 13.0 Å². The van der Waals surface area contributed by atoms with Gasteiger partial charge in [0, 0.05) is 18.5 Å². The molecule has 3 aromatic carbocycles. The number of nitrogens with zero attached hydrogens (tertiary/aromatic N) is 1. The number of carbonyl (C=O) groups is 1. The van der Waals surface area contributed by atoms with E-state index >= 15 is 0 Å². The Balaban J connectivity index is 1.50. The van der Waals surface area contributed by atoms with Crippen molar-refractivity contribution in [3.63, 3.8) is 0 Å². The third-order valence-corrected chi connectivity index (χ3v) is 5.57. The van der Waals surface area contributed by atoms with E-state index in [0.717, 1.165) is 32.1 Å². The minimum Gasteiger partial charge on any atom is -0.497 e. The van der Waals surface area contributed by atoms with Crippen molar-refractivity contribution in [3.8, 4) is 5.75 Å². The number of benzene rings is 3. The number of thiazole rings is 1. The topological polar surface area (TPSA) is 51.2 Å². The van der Waals surface area contributed by atoms with Crippen molar-refractivity contribution in [1.82, 2.24) is 10.3 Å². The molecule has 0 unspecified atom stereocenters. The van der Waals surface area contributed by atoms with Gasteiger partial charge in [-0.3, -0.25) is 4.79 Å². The second kappa shape index (κ2) is 8.23. The number of rotatable bonds is 6. The summed E-state index contributed by atoms with van der Waals surface area (Å²) in [5, 5.41) is 4.02. The number of ether oxygens (including phenoxy) is 1. The fourth-order valence-electron chi connectivity index (χ4n) is 3.11. The lowest BCUT2D eigenvalue weighted by molar-refractivity contribution is 0.0950. The van der Waals surface area contributed by atoms with Gasteiger partial charge in [-0.05, 0) is 41.5 Å². The minimum atomic E-state index is -0.0838. The molecule has 1 heterocycles. The first-order valence-electron chi connectivity index (χ1n) is 9.06. The highest BCUT2D eigenvalue weighted by Crippen LogP contribution is 2.24. The van der Waals surface area contributed by atoms with E-state index in [1.165, 1.54) is 0 Å². The Labute approximate surface area is 167 Å². The molecule has 0 aliphatic heterocycles. The maximum atomic E-state index is 12.8. The lowest BCUT2D eigenvalue weighted by Crippen LogP contribution is -2.24. The molecule has 1 N–H and O–H groups in total. The largest absolute Gasteiger partial charge is 0.497 e. The van der Waals surface area contributed by atoms with E-state index in [1.54, 1.807) is 18.4 Å². The molecule has 28 heavy (non-hydrogen) atoms. The molecule has 0 atom stereocenters. The molecule has 0 aliphatic carbocycles. The zero-order valence-electron chi connectivity index (χ0n) is 15.5. The van der Waals surface area contributed by atoms with Crippen LogP contribution in [0.15, 0.2) is 72.8 Å². The van der Waals surface area contributed by atoms with Crippen molar-refractivity contribution in [2.75, 3.05) is 7.11 Å². The third kappa shape index (κ3) is 4.05. The highest BCUT2D eigenvalue weighted by molar-refractivity contribution is 7.18. The minimum absolute atomic E-state index is 0.0838. The fourth-order valence-corrected chi connectivity index (χ4v) is 4.10. The Bertz CT molecular complexity index is 1090. The molecular formula is C23H20N2O2S. The molecular weight excluding hydrogens is 368 g/mol. The van der Waals surface area contributed by atoms with Gasteiger partial charge in [0.2, 0.25) is 0 Å². The second-order valence-electron chi connectivity index (χ2n) is 6.44. The van der Waals surface area contributed by atoms with Crippen molar-refractivity contribution in [2.24, 2.45) is 0 Å². The van der Waals surface area contributed by atoms with E-state index in [4.69, 9.17) is 9.72 Å². The highest BCUT2D eigenvalue weighted by Gasteiger charge is 2.13. The summed E-state index contributed by atoms with van der Waals surface area (Å²) in [6.07, 6.45) is 0.641. The van der Waals surface area contributed by atoms with Crippen molar-refractivity contribution >= 4 is 27.5 Å². The molecule has 1 aromatic heterocycles. The Morgan fingerprint density at radius 1 is 1.04 bits per heavy atom. The summed E-state index contributed by atoms with van der Waals surface area (Å²) in [5.41, 5.74) is 3.66. The Morgan fingerprint density at radius 3 is 2.71 bits per heavy atom. The van der Waals surface area contributed by atoms with Crippen LogP contribution in [0.2, 0.25) is 0 Å². The molecule has 1 amide bonds. The van der Waals surface area contributed by atoms with E-state index < -0.39 is 0 Å². The van der Waals surface area contributed by atoms with Gasteiger partial charge in [0.25, 0.3) is 5.91 Å². The summed E-state index contributed by atoms with van der Waals surface area (Å²) in [4.78, 5) is 17.5. The molecule has 4 rings (SSSR count). The Kier molecular flexibility index (Phi) is 5.35. The van der Waals surface area contributed by atoms with Gasteiger partial charge in [0.05, 0.1) is 22.3 Å². The average molecular weight is 388 g/mol. The summed E-state index contributed by atoms with van der Waals surface area (Å²) in [6, 6.07) is 23.5. The SMILES string of the molecule is COc1cccc(CNC(=O)c2ccccc2Cc2nc3ccccc3s2)c1. The molecule has 0 aliphatic rings. The van der Waals surface area contributed by atoms with Crippen LogP contribution in [-0.4, -0.2) is 18.0 Å². The van der Waals surface area contributed by atoms with Gasteiger partial charge < -0.3 is 10.1 Å². The van der Waals surface area contributed by atoms with Gasteiger partial charge in [0.15, 0.2) is 0 Å². The first-order valence-corrected chi connectivity index (χ1v) is 9.88. The predicted octanol–water partition coefficient (Wildman–Crippen LogP) is 4.83. The van der Waals surface area contributed by atoms with E-state index in [1.807, 2.05) is 66.7 Å². The van der Waals surface area contributed by atoms with Crippen LogP contribution in [0.25, 0.3) is 10.2 Å². The van der Waals surface area contributed by atoms with Crippen molar-refractivity contribution < 1.29 is 9.53 Å². The Morgan fingerprint density at radius 2 is 1.86 bits per heavy atom. The molecule has 0 spiro atoms. The van der Waals surface area contributed by atoms with Gasteiger partial charge >= 0.3 is 0 Å². The van der Waals surface area contributed by atoms with Gasteiger partial charge in [-0.1, -0.05) is 42.5 Å². The Hall–Kier alpha value is -3.18. The fraction of sp³-hybridized carbons (Fsp3) is 0.130. The summed E-state index contributed by atoms with van der Waals surface area (Å²) in [7, 11) is 1.63. The van der Waals surface area contributed by atoms with Crippen LogP contribution in [0, 0.1) is 0 Å². The lowest BCUT2D eigenvalue weighted by atomic mass is 10.0. The number of methoxy groups -OCH3 is 1. The molecule has 0 bridgehead atoms. The standard InChI is InChI=1S/C23H20N2O2S/c1-27-18-9-6-7-16(13-18)15-24-23(26)19-10-3-2-8-17(19)14-22-25-20-11-4-5-12-21(20)28-22/h2-13H,14-15H2,1H3,(H,24,26). The summed E-state index contributed by atoms with van der Waals surface area (Å²) < 4.78 is 6.40. The predicted molar refractivity (Wildman–Crippen MR) is 113 cm³/mol. The number of carbonyl (C=O) groups excluding carboxylic acids is 1. The van der Waals surface area contributed by atoms with Gasteiger partial charge in [0.1, 0.15) is 5.75 Å². The van der Waals surface area contributed by atoms with E-state index in [2.05, 4.69) is 11.4 Å². The van der Waals surface area contributed by atoms with Crippen LogP contribution in [0.1, 0.15) is 26.5 Å². The van der Waals surface area contributed by atoms with Gasteiger partial charge in [-0.2, -0.15) is 0 Å². The zero-order valence-corrected chi connectivity index (χ0v) is 16.3. The number of para-hydroxylation sites is 1. The second-order valence-corrected chi connectivity index (χ2v) is 7.56. The van der Waals surface area contributed by atoms with Crippen LogP contribution < -0.4 is 10.1 Å². The van der Waals surface area contributed by atoms with Gasteiger partial charge in [-0.15, -0.1) is 11.3 Å². The van der Waals surface area contributed by atoms with Gasteiger partial charge in [-0.25, -0.2) is 4.98 Å². The third-order valence-electron chi connectivity index (χ3n) is 4.53. The van der Waals surface area contributed by atoms with Crippen LogP contribution in [0.3, 0.4) is 0 Å².